The number of hydrogen-bond acceptors (Lipinski definition) is 6. The van der Waals surface area contributed by atoms with Gasteiger partial charge in [0.15, 0.2) is 0 Å². The summed E-state index contributed by atoms with van der Waals surface area (Å²) < 4.78 is 11.0. The third-order valence-electron chi connectivity index (χ3n) is 5.32. The van der Waals surface area contributed by atoms with Gasteiger partial charge < -0.3 is 14.5 Å². The topological polar surface area (TPSA) is 77.2 Å². The Labute approximate surface area is 180 Å². The molecule has 3 aromatic rings. The second-order valence-electron chi connectivity index (χ2n) is 7.39. The van der Waals surface area contributed by atoms with Crippen molar-refractivity contribution in [2.75, 3.05) is 12.9 Å². The van der Waals surface area contributed by atoms with Gasteiger partial charge in [-0.05, 0) is 61.4 Å². The molecule has 0 bridgehead atoms. The predicted molar refractivity (Wildman–Crippen MR) is 117 cm³/mol. The molecule has 6 nitrogen and oxygen atoms in total. The van der Waals surface area contributed by atoms with Crippen molar-refractivity contribution in [3.63, 3.8) is 0 Å². The van der Waals surface area contributed by atoms with Crippen molar-refractivity contribution in [1.29, 1.82) is 0 Å². The van der Waals surface area contributed by atoms with Gasteiger partial charge in [0.2, 0.25) is 5.91 Å². The van der Waals surface area contributed by atoms with E-state index in [1.54, 1.807) is 7.11 Å². The molecule has 0 spiro atoms. The third-order valence-corrected chi connectivity index (χ3v) is 6.14. The van der Waals surface area contributed by atoms with Gasteiger partial charge in [-0.25, -0.2) is 0 Å². The first-order chi connectivity index (χ1) is 14.6. The lowest BCUT2D eigenvalue weighted by Gasteiger charge is -2.20. The molecule has 2 aromatic carbocycles. The molecular formula is C23H25N3O3S. The highest BCUT2D eigenvalue weighted by Crippen LogP contribution is 2.30. The van der Waals surface area contributed by atoms with E-state index in [2.05, 4.69) is 33.7 Å². The summed E-state index contributed by atoms with van der Waals surface area (Å²) in [6.45, 7) is 2.01. The minimum Gasteiger partial charge on any atom is -0.496 e. The van der Waals surface area contributed by atoms with Crippen LogP contribution in [0, 0.1) is 0 Å². The lowest BCUT2D eigenvalue weighted by Crippen LogP contribution is -2.28. The van der Waals surface area contributed by atoms with E-state index in [9.17, 15) is 4.79 Å². The van der Waals surface area contributed by atoms with Crippen molar-refractivity contribution in [2.45, 2.75) is 43.9 Å². The SMILES string of the molecule is COc1ccccc1-c1nnc(SCC(=O)N[C@H](C)c2ccc3c(c2)CCCC3)o1. The molecule has 30 heavy (non-hydrogen) atoms. The van der Waals surface area contributed by atoms with Crippen LogP contribution in [0.3, 0.4) is 0 Å². The van der Waals surface area contributed by atoms with Crippen LogP contribution in [0.1, 0.15) is 42.5 Å². The van der Waals surface area contributed by atoms with E-state index in [-0.39, 0.29) is 17.7 Å². The number of aryl methyl sites for hydroxylation is 2. The number of nitrogens with one attached hydrogen (secondary N) is 1. The summed E-state index contributed by atoms with van der Waals surface area (Å²) in [5, 5.41) is 11.5. The fourth-order valence-electron chi connectivity index (χ4n) is 3.71. The van der Waals surface area contributed by atoms with Gasteiger partial charge in [-0.1, -0.05) is 42.1 Å². The van der Waals surface area contributed by atoms with Crippen molar-refractivity contribution >= 4 is 17.7 Å². The van der Waals surface area contributed by atoms with Crippen molar-refractivity contribution in [1.82, 2.24) is 15.5 Å². The molecule has 0 unspecified atom stereocenters. The number of thioether (sulfide) groups is 1. The first-order valence-electron chi connectivity index (χ1n) is 10.1. The van der Waals surface area contributed by atoms with E-state index >= 15 is 0 Å². The highest BCUT2D eigenvalue weighted by molar-refractivity contribution is 7.99. The molecule has 0 radical (unpaired) electrons. The Morgan fingerprint density at radius 2 is 1.97 bits per heavy atom. The second-order valence-corrected chi connectivity index (χ2v) is 8.31. The first kappa shape index (κ1) is 20.5. The Bertz CT molecular complexity index is 1030. The number of amides is 1. The van der Waals surface area contributed by atoms with Gasteiger partial charge in [-0.2, -0.15) is 0 Å². The molecule has 7 heteroatoms. The van der Waals surface area contributed by atoms with Gasteiger partial charge in [0.05, 0.1) is 24.5 Å². The molecule has 156 valence electrons. The number of methoxy groups -OCH3 is 1. The summed E-state index contributed by atoms with van der Waals surface area (Å²) in [5.41, 5.74) is 4.74. The zero-order valence-electron chi connectivity index (χ0n) is 17.2. The lowest BCUT2D eigenvalue weighted by molar-refractivity contribution is -0.119. The van der Waals surface area contributed by atoms with E-state index in [1.165, 1.54) is 35.7 Å². The Morgan fingerprint density at radius 1 is 1.17 bits per heavy atom. The molecule has 1 aliphatic rings. The van der Waals surface area contributed by atoms with E-state index in [0.29, 0.717) is 16.9 Å². The number of fused-ring (bicyclic) bond motifs is 1. The van der Waals surface area contributed by atoms with Crippen molar-refractivity contribution < 1.29 is 13.9 Å². The highest BCUT2D eigenvalue weighted by atomic mass is 32.2. The number of ether oxygens (including phenoxy) is 1. The molecule has 0 saturated heterocycles. The molecule has 0 fully saturated rings. The standard InChI is InChI=1S/C23H25N3O3S/c1-15(17-12-11-16-7-3-4-8-18(16)13-17)24-21(27)14-30-23-26-25-22(29-23)19-9-5-6-10-20(19)28-2/h5-6,9-13,15H,3-4,7-8,14H2,1-2H3,(H,24,27)/t15-/m1/s1. The van der Waals surface area contributed by atoms with Crippen LogP contribution >= 0.6 is 11.8 Å². The minimum absolute atomic E-state index is 0.0443. The maximum absolute atomic E-state index is 12.4. The molecule has 1 aliphatic carbocycles. The summed E-state index contributed by atoms with van der Waals surface area (Å²) in [6, 6.07) is 14.0. The summed E-state index contributed by atoms with van der Waals surface area (Å²) in [5.74, 6) is 1.18. The van der Waals surface area contributed by atoms with Crippen molar-refractivity contribution in [3.05, 3.63) is 59.2 Å². The summed E-state index contributed by atoms with van der Waals surface area (Å²) in [4.78, 5) is 12.4. The maximum atomic E-state index is 12.4. The van der Waals surface area contributed by atoms with Gasteiger partial charge in [0.1, 0.15) is 5.75 Å². The number of aromatic nitrogens is 2. The van der Waals surface area contributed by atoms with E-state index in [1.807, 2.05) is 31.2 Å². The van der Waals surface area contributed by atoms with Gasteiger partial charge >= 0.3 is 0 Å². The average Bonchev–Trinajstić information content (AvgIpc) is 3.26. The number of nitrogens with zero attached hydrogens (tertiary/aromatic N) is 2. The fraction of sp³-hybridized carbons (Fsp3) is 0.348. The molecule has 1 N–H and O–H groups in total. The van der Waals surface area contributed by atoms with Crippen LogP contribution in [-0.4, -0.2) is 29.0 Å². The van der Waals surface area contributed by atoms with Crippen LogP contribution in [0.25, 0.3) is 11.5 Å². The number of rotatable bonds is 7. The van der Waals surface area contributed by atoms with Gasteiger partial charge in [-0.3, -0.25) is 4.79 Å². The Hall–Kier alpha value is -2.80. The number of carbonyl (C=O) groups excluding carboxylic acids is 1. The fourth-order valence-corrected chi connectivity index (χ4v) is 4.29. The van der Waals surface area contributed by atoms with Crippen LogP contribution < -0.4 is 10.1 Å². The third kappa shape index (κ3) is 4.67. The summed E-state index contributed by atoms with van der Waals surface area (Å²) in [6.07, 6.45) is 4.80. The van der Waals surface area contributed by atoms with Crippen molar-refractivity contribution in [3.8, 4) is 17.2 Å². The minimum atomic E-state index is -0.0673. The van der Waals surface area contributed by atoms with Crippen LogP contribution in [-0.2, 0) is 17.6 Å². The van der Waals surface area contributed by atoms with E-state index in [0.717, 1.165) is 24.0 Å². The molecule has 1 heterocycles. The Kier molecular flexibility index (Phi) is 6.38. The Morgan fingerprint density at radius 3 is 2.80 bits per heavy atom. The lowest BCUT2D eigenvalue weighted by atomic mass is 9.89. The molecule has 0 aliphatic heterocycles. The number of hydrogen-bond donors (Lipinski definition) is 1. The van der Waals surface area contributed by atoms with Crippen LogP contribution in [0.2, 0.25) is 0 Å². The molecule has 4 rings (SSSR count). The van der Waals surface area contributed by atoms with Crippen molar-refractivity contribution in [2.24, 2.45) is 0 Å². The Balaban J connectivity index is 1.33. The largest absolute Gasteiger partial charge is 0.496 e. The summed E-state index contributed by atoms with van der Waals surface area (Å²) in [7, 11) is 1.60. The van der Waals surface area contributed by atoms with Crippen LogP contribution in [0.15, 0.2) is 52.1 Å². The molecule has 0 saturated carbocycles. The highest BCUT2D eigenvalue weighted by Gasteiger charge is 2.17. The van der Waals surface area contributed by atoms with Crippen LogP contribution in [0.5, 0.6) is 5.75 Å². The zero-order valence-corrected chi connectivity index (χ0v) is 18.0. The monoisotopic (exact) mass is 423 g/mol. The zero-order chi connectivity index (χ0) is 20.9. The summed E-state index contributed by atoms with van der Waals surface area (Å²) >= 11 is 1.22. The van der Waals surface area contributed by atoms with Gasteiger partial charge in [0.25, 0.3) is 11.1 Å². The number of para-hydroxylation sites is 1. The predicted octanol–water partition coefficient (Wildman–Crippen LogP) is 4.59. The first-order valence-corrected chi connectivity index (χ1v) is 11.1. The molecule has 1 atom stereocenters. The van der Waals surface area contributed by atoms with Gasteiger partial charge in [0, 0.05) is 0 Å². The normalized spacial score (nSPS) is 14.1. The van der Waals surface area contributed by atoms with Gasteiger partial charge in [-0.15, -0.1) is 10.2 Å². The molecule has 1 amide bonds. The number of carbonyl (C=O) groups is 1. The molecule has 1 aromatic heterocycles. The van der Waals surface area contributed by atoms with E-state index in [4.69, 9.17) is 9.15 Å². The maximum Gasteiger partial charge on any atom is 0.277 e. The quantitative estimate of drug-likeness (QED) is 0.560. The number of benzene rings is 2. The molecular weight excluding hydrogens is 398 g/mol. The van der Waals surface area contributed by atoms with E-state index < -0.39 is 0 Å². The smallest absolute Gasteiger partial charge is 0.277 e. The van der Waals surface area contributed by atoms with Crippen LogP contribution in [0.4, 0.5) is 0 Å². The second kappa shape index (κ2) is 9.34. The average molecular weight is 424 g/mol.